The minimum atomic E-state index is -3.05. The molecular weight excluding hydrogens is 262 g/mol. The second-order valence-corrected chi connectivity index (χ2v) is 7.69. The van der Waals surface area contributed by atoms with Crippen molar-refractivity contribution in [2.24, 2.45) is 0 Å². The minimum absolute atomic E-state index is 0.140. The second kappa shape index (κ2) is 7.02. The monoisotopic (exact) mass is 289 g/mol. The van der Waals surface area contributed by atoms with Crippen LogP contribution in [0, 0.1) is 0 Å². The predicted octanol–water partition coefficient (Wildman–Crippen LogP) is 0.486. The van der Waals surface area contributed by atoms with Gasteiger partial charge in [-0.05, 0) is 51.9 Å². The lowest BCUT2D eigenvalue weighted by atomic mass is 10.1. The van der Waals surface area contributed by atoms with Crippen molar-refractivity contribution in [1.29, 1.82) is 0 Å². The van der Waals surface area contributed by atoms with Crippen molar-refractivity contribution < 1.29 is 8.42 Å². The highest BCUT2D eigenvalue weighted by atomic mass is 32.2. The molecule has 19 heavy (non-hydrogen) atoms. The van der Waals surface area contributed by atoms with Crippen LogP contribution in [0.1, 0.15) is 32.1 Å². The Morgan fingerprint density at radius 2 is 1.47 bits per heavy atom. The van der Waals surface area contributed by atoms with E-state index in [0.29, 0.717) is 0 Å². The fourth-order valence-electron chi connectivity index (χ4n) is 3.04. The van der Waals surface area contributed by atoms with E-state index >= 15 is 0 Å². The second-order valence-electron chi connectivity index (χ2n) is 5.91. The van der Waals surface area contributed by atoms with Gasteiger partial charge in [0.1, 0.15) is 0 Å². The van der Waals surface area contributed by atoms with Crippen molar-refractivity contribution in [3.63, 3.8) is 0 Å². The van der Waals surface area contributed by atoms with Gasteiger partial charge in [0.15, 0.2) is 0 Å². The number of sulfonamides is 1. The maximum Gasteiger partial charge on any atom is 0.208 e. The van der Waals surface area contributed by atoms with E-state index in [9.17, 15) is 8.42 Å². The molecule has 0 unspecified atom stereocenters. The Bertz CT molecular complexity index is 358. The third-order valence-corrected chi connectivity index (χ3v) is 4.91. The smallest absolute Gasteiger partial charge is 0.208 e. The lowest BCUT2D eigenvalue weighted by molar-refractivity contribution is 0.157. The van der Waals surface area contributed by atoms with Gasteiger partial charge in [0, 0.05) is 19.1 Å². The summed E-state index contributed by atoms with van der Waals surface area (Å²) in [6.45, 7) is 6.84. The third-order valence-electron chi connectivity index (χ3n) is 4.15. The summed E-state index contributed by atoms with van der Waals surface area (Å²) in [7, 11) is -3.05. The SMILES string of the molecule is CS(=O)(=O)NC1CCN(CCN2CCCCC2)CC1. The fourth-order valence-corrected chi connectivity index (χ4v) is 3.88. The zero-order chi connectivity index (χ0) is 13.7. The zero-order valence-corrected chi connectivity index (χ0v) is 12.8. The molecule has 2 aliphatic heterocycles. The van der Waals surface area contributed by atoms with Crippen LogP contribution in [0.2, 0.25) is 0 Å². The van der Waals surface area contributed by atoms with Crippen LogP contribution in [0.15, 0.2) is 0 Å². The molecule has 0 aromatic heterocycles. The number of nitrogens with one attached hydrogen (secondary N) is 1. The number of rotatable bonds is 5. The van der Waals surface area contributed by atoms with Crippen LogP contribution in [0.3, 0.4) is 0 Å². The van der Waals surface area contributed by atoms with Crippen LogP contribution in [0.25, 0.3) is 0 Å². The van der Waals surface area contributed by atoms with E-state index in [1.165, 1.54) is 45.2 Å². The first-order valence-electron chi connectivity index (χ1n) is 7.45. The molecule has 2 heterocycles. The Kier molecular flexibility index (Phi) is 5.62. The summed E-state index contributed by atoms with van der Waals surface area (Å²) >= 11 is 0. The first kappa shape index (κ1) is 15.2. The summed E-state index contributed by atoms with van der Waals surface area (Å²) < 4.78 is 25.1. The van der Waals surface area contributed by atoms with E-state index in [4.69, 9.17) is 0 Å². The minimum Gasteiger partial charge on any atom is -0.302 e. The highest BCUT2D eigenvalue weighted by molar-refractivity contribution is 7.88. The van der Waals surface area contributed by atoms with Gasteiger partial charge in [-0.15, -0.1) is 0 Å². The van der Waals surface area contributed by atoms with E-state index in [-0.39, 0.29) is 6.04 Å². The zero-order valence-electron chi connectivity index (χ0n) is 12.0. The van der Waals surface area contributed by atoms with Gasteiger partial charge in [-0.25, -0.2) is 13.1 Å². The molecule has 112 valence electrons. The van der Waals surface area contributed by atoms with E-state index in [1.54, 1.807) is 0 Å². The fraction of sp³-hybridized carbons (Fsp3) is 1.00. The van der Waals surface area contributed by atoms with E-state index in [1.807, 2.05) is 0 Å². The van der Waals surface area contributed by atoms with Crippen LogP contribution in [-0.4, -0.2) is 69.8 Å². The molecule has 0 bridgehead atoms. The molecule has 0 amide bonds. The molecule has 2 aliphatic rings. The molecule has 0 spiro atoms. The van der Waals surface area contributed by atoms with E-state index in [2.05, 4.69) is 14.5 Å². The number of hydrogen-bond acceptors (Lipinski definition) is 4. The first-order chi connectivity index (χ1) is 9.03. The van der Waals surface area contributed by atoms with Crippen molar-refractivity contribution in [1.82, 2.24) is 14.5 Å². The average molecular weight is 289 g/mol. The Labute approximate surface area is 117 Å². The summed E-state index contributed by atoms with van der Waals surface area (Å²) in [5.74, 6) is 0. The molecule has 6 heteroatoms. The first-order valence-corrected chi connectivity index (χ1v) is 9.34. The summed E-state index contributed by atoms with van der Waals surface area (Å²) in [5, 5.41) is 0. The molecule has 0 atom stereocenters. The van der Waals surface area contributed by atoms with Gasteiger partial charge >= 0.3 is 0 Å². The molecule has 2 fully saturated rings. The van der Waals surface area contributed by atoms with Crippen molar-refractivity contribution in [2.45, 2.75) is 38.1 Å². The summed E-state index contributed by atoms with van der Waals surface area (Å²) in [4.78, 5) is 5.03. The third kappa shape index (κ3) is 5.77. The van der Waals surface area contributed by atoms with Crippen LogP contribution in [-0.2, 0) is 10.0 Å². The van der Waals surface area contributed by atoms with Gasteiger partial charge in [-0.1, -0.05) is 6.42 Å². The normalized spacial score (nSPS) is 24.7. The highest BCUT2D eigenvalue weighted by Gasteiger charge is 2.21. The predicted molar refractivity (Wildman–Crippen MR) is 77.7 cm³/mol. The van der Waals surface area contributed by atoms with E-state index in [0.717, 1.165) is 32.5 Å². The standard InChI is InChI=1S/C13H27N3O2S/c1-19(17,18)14-13-5-9-16(10-6-13)12-11-15-7-3-2-4-8-15/h13-14H,2-12H2,1H3. The highest BCUT2D eigenvalue weighted by Crippen LogP contribution is 2.12. The van der Waals surface area contributed by atoms with Crippen LogP contribution in [0.5, 0.6) is 0 Å². The van der Waals surface area contributed by atoms with Crippen LogP contribution in [0.4, 0.5) is 0 Å². The van der Waals surface area contributed by atoms with Crippen molar-refractivity contribution in [3.8, 4) is 0 Å². The van der Waals surface area contributed by atoms with E-state index < -0.39 is 10.0 Å². The Balaban J connectivity index is 1.63. The summed E-state index contributed by atoms with van der Waals surface area (Å²) in [5.41, 5.74) is 0. The van der Waals surface area contributed by atoms with Gasteiger partial charge < -0.3 is 9.80 Å². The molecule has 5 nitrogen and oxygen atoms in total. The van der Waals surface area contributed by atoms with Gasteiger partial charge in [0.2, 0.25) is 10.0 Å². The van der Waals surface area contributed by atoms with Gasteiger partial charge in [-0.3, -0.25) is 0 Å². The molecule has 0 aromatic carbocycles. The topological polar surface area (TPSA) is 52.7 Å². The lowest BCUT2D eigenvalue weighted by Gasteiger charge is -2.34. The molecule has 0 aromatic rings. The van der Waals surface area contributed by atoms with Crippen LogP contribution >= 0.6 is 0 Å². The Morgan fingerprint density at radius 1 is 0.947 bits per heavy atom. The van der Waals surface area contributed by atoms with Gasteiger partial charge in [0.25, 0.3) is 0 Å². The Morgan fingerprint density at radius 3 is 2.00 bits per heavy atom. The number of piperidine rings is 2. The van der Waals surface area contributed by atoms with Gasteiger partial charge in [0.05, 0.1) is 6.26 Å². The maximum atomic E-state index is 11.2. The number of likely N-dealkylation sites (tertiary alicyclic amines) is 2. The lowest BCUT2D eigenvalue weighted by Crippen LogP contribution is -2.46. The molecular formula is C13H27N3O2S. The molecule has 1 N–H and O–H groups in total. The molecule has 2 saturated heterocycles. The average Bonchev–Trinajstić information content (AvgIpc) is 2.37. The molecule has 0 radical (unpaired) electrons. The van der Waals surface area contributed by atoms with Gasteiger partial charge in [-0.2, -0.15) is 0 Å². The summed E-state index contributed by atoms with van der Waals surface area (Å²) in [6, 6.07) is 0.140. The number of nitrogens with zero attached hydrogens (tertiary/aromatic N) is 2. The van der Waals surface area contributed by atoms with Crippen molar-refractivity contribution in [3.05, 3.63) is 0 Å². The largest absolute Gasteiger partial charge is 0.302 e. The van der Waals surface area contributed by atoms with Crippen molar-refractivity contribution in [2.75, 3.05) is 45.5 Å². The molecule has 2 rings (SSSR count). The number of hydrogen-bond donors (Lipinski definition) is 1. The Hall–Kier alpha value is -0.170. The molecule has 0 aliphatic carbocycles. The molecule has 0 saturated carbocycles. The maximum absolute atomic E-state index is 11.2. The summed E-state index contributed by atoms with van der Waals surface area (Å²) in [6.07, 6.45) is 7.20. The quantitative estimate of drug-likeness (QED) is 0.800. The van der Waals surface area contributed by atoms with Crippen LogP contribution < -0.4 is 4.72 Å². The van der Waals surface area contributed by atoms with Crippen molar-refractivity contribution >= 4 is 10.0 Å².